The maximum absolute atomic E-state index is 14.6. The van der Waals surface area contributed by atoms with Crippen molar-refractivity contribution in [2.75, 3.05) is 39.8 Å². The van der Waals surface area contributed by atoms with E-state index < -0.39 is 23.4 Å². The number of halogens is 5. The minimum Gasteiger partial charge on any atom is -0.478 e. The SMILES string of the molecule is CN1CCN(C(=O)N2CCc3c(-c4ccc(C(=O)O)cc4F)nn(C)c3C2)CC1.O=Cc1c(Cl)cccc1C1(C(F)(F)F)CC1. The number of carbonyl (C=O) groups is 3. The number of likely N-dealkylation sites (N-methyl/N-ethyl adjacent to an activating group) is 1. The number of nitrogens with zero attached hydrogens (tertiary/aromatic N) is 5. The van der Waals surface area contributed by atoms with Gasteiger partial charge in [-0.15, -0.1) is 0 Å². The summed E-state index contributed by atoms with van der Waals surface area (Å²) in [7, 11) is 3.84. The van der Waals surface area contributed by atoms with E-state index in [1.807, 2.05) is 16.8 Å². The van der Waals surface area contributed by atoms with Gasteiger partial charge in [0.1, 0.15) is 5.82 Å². The molecule has 9 nitrogen and oxygen atoms in total. The predicted molar refractivity (Wildman–Crippen MR) is 158 cm³/mol. The molecule has 0 unspecified atom stereocenters. The van der Waals surface area contributed by atoms with E-state index in [1.54, 1.807) is 11.7 Å². The largest absolute Gasteiger partial charge is 0.478 e. The lowest BCUT2D eigenvalue weighted by Gasteiger charge is -2.37. The van der Waals surface area contributed by atoms with Gasteiger partial charge in [0.2, 0.25) is 0 Å². The van der Waals surface area contributed by atoms with Crippen molar-refractivity contribution in [2.45, 2.75) is 37.4 Å². The average molecular weight is 650 g/mol. The van der Waals surface area contributed by atoms with Crippen molar-refractivity contribution in [1.29, 1.82) is 0 Å². The van der Waals surface area contributed by atoms with Crippen LogP contribution in [0.5, 0.6) is 0 Å². The number of aldehydes is 1. The van der Waals surface area contributed by atoms with Crippen LogP contribution in [-0.2, 0) is 25.4 Å². The molecule has 6 rings (SSSR count). The monoisotopic (exact) mass is 649 g/mol. The number of carboxylic acids is 1. The van der Waals surface area contributed by atoms with Gasteiger partial charge < -0.3 is 19.8 Å². The average Bonchev–Trinajstić information content (AvgIpc) is 3.77. The smallest absolute Gasteiger partial charge is 0.398 e. The van der Waals surface area contributed by atoms with Crippen LogP contribution in [0.1, 0.15) is 50.4 Å². The molecule has 1 N–H and O–H groups in total. The van der Waals surface area contributed by atoms with Gasteiger partial charge in [0.15, 0.2) is 6.29 Å². The van der Waals surface area contributed by atoms with E-state index in [1.165, 1.54) is 30.3 Å². The van der Waals surface area contributed by atoms with Crippen molar-refractivity contribution in [3.05, 3.63) is 75.2 Å². The Bertz CT molecular complexity index is 1630. The summed E-state index contributed by atoms with van der Waals surface area (Å²) >= 11 is 5.71. The molecule has 1 saturated heterocycles. The first-order valence-corrected chi connectivity index (χ1v) is 14.8. The van der Waals surface area contributed by atoms with Gasteiger partial charge in [0.25, 0.3) is 0 Å². The molecule has 0 radical (unpaired) electrons. The second kappa shape index (κ2) is 12.4. The molecule has 2 aromatic carbocycles. The number of benzene rings is 2. The van der Waals surface area contributed by atoms with Crippen molar-refractivity contribution in [1.82, 2.24) is 24.5 Å². The van der Waals surface area contributed by atoms with Crippen LogP contribution in [0.4, 0.5) is 22.4 Å². The molecular formula is C31H32ClF4N5O4. The zero-order chi connectivity index (χ0) is 32.7. The molecule has 3 aliphatic rings. The van der Waals surface area contributed by atoms with Crippen LogP contribution in [0.3, 0.4) is 0 Å². The summed E-state index contributed by atoms with van der Waals surface area (Å²) in [6, 6.07) is 8.08. The lowest BCUT2D eigenvalue weighted by Crippen LogP contribution is -2.52. The summed E-state index contributed by atoms with van der Waals surface area (Å²) in [6.45, 7) is 4.15. The van der Waals surface area contributed by atoms with Crippen LogP contribution in [-0.4, -0.2) is 93.8 Å². The fraction of sp³-hybridized carbons (Fsp3) is 0.419. The molecule has 0 bridgehead atoms. The van der Waals surface area contributed by atoms with Gasteiger partial charge in [0, 0.05) is 56.5 Å². The third-order valence-corrected chi connectivity index (χ3v) is 9.07. The molecule has 14 heteroatoms. The molecule has 0 spiro atoms. The Hall–Kier alpha value is -3.97. The van der Waals surface area contributed by atoms with Crippen LogP contribution in [0.15, 0.2) is 36.4 Å². The number of piperazine rings is 1. The van der Waals surface area contributed by atoms with Crippen LogP contribution in [0.2, 0.25) is 5.02 Å². The van der Waals surface area contributed by atoms with Gasteiger partial charge >= 0.3 is 18.2 Å². The second-order valence-corrected chi connectivity index (χ2v) is 11.9. The van der Waals surface area contributed by atoms with Crippen molar-refractivity contribution < 1.29 is 37.1 Å². The van der Waals surface area contributed by atoms with Gasteiger partial charge in [-0.1, -0.05) is 23.7 Å². The Morgan fingerprint density at radius 3 is 2.29 bits per heavy atom. The first-order chi connectivity index (χ1) is 21.3. The van der Waals surface area contributed by atoms with E-state index in [0.29, 0.717) is 31.5 Å². The summed E-state index contributed by atoms with van der Waals surface area (Å²) in [5, 5.41) is 13.6. The summed E-state index contributed by atoms with van der Waals surface area (Å²) in [5.41, 5.74) is 0.608. The fourth-order valence-electron chi connectivity index (χ4n) is 5.89. The predicted octanol–water partition coefficient (Wildman–Crippen LogP) is 5.40. The lowest BCUT2D eigenvalue weighted by molar-refractivity contribution is -0.160. The topological polar surface area (TPSA) is 99.0 Å². The van der Waals surface area contributed by atoms with Crippen LogP contribution < -0.4 is 0 Å². The number of fused-ring (bicyclic) bond motifs is 1. The maximum atomic E-state index is 14.6. The van der Waals surface area contributed by atoms with Gasteiger partial charge in [-0.25, -0.2) is 14.0 Å². The van der Waals surface area contributed by atoms with Gasteiger partial charge in [-0.3, -0.25) is 9.48 Å². The molecule has 45 heavy (non-hydrogen) atoms. The Labute approximate surface area is 262 Å². The molecule has 1 saturated carbocycles. The fourth-order valence-corrected chi connectivity index (χ4v) is 6.11. The third kappa shape index (κ3) is 6.28. The number of urea groups is 1. The Morgan fingerprint density at radius 2 is 1.71 bits per heavy atom. The number of amides is 2. The molecule has 2 aliphatic heterocycles. The summed E-state index contributed by atoms with van der Waals surface area (Å²) in [4.78, 5) is 40.7. The molecule has 2 amide bonds. The molecule has 0 atom stereocenters. The Morgan fingerprint density at radius 1 is 1.02 bits per heavy atom. The molecule has 3 heterocycles. The van der Waals surface area contributed by atoms with Crippen LogP contribution in [0.25, 0.3) is 11.3 Å². The minimum absolute atomic E-state index is 0.00231. The first-order valence-electron chi connectivity index (χ1n) is 14.4. The molecule has 3 aromatic rings. The van der Waals surface area contributed by atoms with Crippen molar-refractivity contribution in [3.8, 4) is 11.3 Å². The number of rotatable bonds is 4. The van der Waals surface area contributed by atoms with Gasteiger partial charge in [0.05, 0.1) is 33.9 Å². The molecule has 2 fully saturated rings. The highest BCUT2D eigenvalue weighted by atomic mass is 35.5. The van der Waals surface area contributed by atoms with E-state index in [0.717, 1.165) is 43.5 Å². The summed E-state index contributed by atoms with van der Waals surface area (Å²) in [5.74, 6) is -1.78. The number of hydrogen-bond donors (Lipinski definition) is 1. The normalized spacial score (nSPS) is 17.7. The number of aromatic nitrogens is 2. The van der Waals surface area contributed by atoms with Gasteiger partial charge in [-0.2, -0.15) is 18.3 Å². The van der Waals surface area contributed by atoms with E-state index in [9.17, 15) is 31.9 Å². The van der Waals surface area contributed by atoms with E-state index >= 15 is 0 Å². The second-order valence-electron chi connectivity index (χ2n) is 11.5. The van der Waals surface area contributed by atoms with E-state index in [2.05, 4.69) is 10.00 Å². The van der Waals surface area contributed by atoms with Crippen molar-refractivity contribution in [2.24, 2.45) is 7.05 Å². The number of alkyl halides is 3. The number of carboxylic acid groups (broad SMARTS) is 1. The van der Waals surface area contributed by atoms with Crippen LogP contribution in [0, 0.1) is 5.82 Å². The zero-order valence-electron chi connectivity index (χ0n) is 24.7. The highest BCUT2D eigenvalue weighted by Crippen LogP contribution is 2.59. The highest BCUT2D eigenvalue weighted by Gasteiger charge is 2.64. The lowest BCUT2D eigenvalue weighted by atomic mass is 9.91. The van der Waals surface area contributed by atoms with Crippen LogP contribution >= 0.6 is 11.6 Å². The zero-order valence-corrected chi connectivity index (χ0v) is 25.5. The first kappa shape index (κ1) is 32.4. The minimum atomic E-state index is -4.32. The van der Waals surface area contributed by atoms with E-state index in [4.69, 9.17) is 16.7 Å². The van der Waals surface area contributed by atoms with Crippen molar-refractivity contribution in [3.63, 3.8) is 0 Å². The standard InChI is InChI=1S/C20H24FN5O3.C11H8ClF3O/c1-23-7-9-25(10-8-23)20(29)26-6-5-15-17(12-26)24(2)22-18(15)14-4-3-13(19(27)28)11-16(14)21;12-9-3-1-2-8(7(9)6-16)10(4-5-10)11(13,14)15/h3-4,11H,5-10,12H2,1-2H3,(H,27,28);1-3,6H,4-5H2. The van der Waals surface area contributed by atoms with E-state index in [-0.39, 0.29) is 46.1 Å². The maximum Gasteiger partial charge on any atom is 0.398 e. The summed E-state index contributed by atoms with van der Waals surface area (Å²) in [6.07, 6.45) is -3.30. The molecule has 1 aromatic heterocycles. The quantitative estimate of drug-likeness (QED) is 0.300. The molecule has 1 aliphatic carbocycles. The van der Waals surface area contributed by atoms with Crippen molar-refractivity contribution >= 4 is 29.9 Å². The third-order valence-electron chi connectivity index (χ3n) is 8.74. The number of carbonyl (C=O) groups excluding carboxylic acids is 2. The van der Waals surface area contributed by atoms with Gasteiger partial charge in [-0.05, 0) is 56.1 Å². The summed E-state index contributed by atoms with van der Waals surface area (Å²) < 4.78 is 54.9. The molecular weight excluding hydrogens is 618 g/mol. The Balaban J connectivity index is 0.000000211. The number of hydrogen-bond acceptors (Lipinski definition) is 5. The number of aryl methyl sites for hydroxylation is 1. The number of aromatic carboxylic acids is 1. The molecule has 240 valence electrons. The Kier molecular flexibility index (Phi) is 8.96. The highest BCUT2D eigenvalue weighted by molar-refractivity contribution is 6.33.